The SMILES string of the molecule is C=C(C)CCC[C@]1(C)OC(=O)[C@]23CC=C4[C@@H](CC[C@H]5C(C)(C)[C@@H](O[C@@H]6OC[C@@H](OS(=O)(=O)O)[C@H](O)[C@H]6O[C@H]6O[C@H](C)[C@@H](O)[C@H](O)[C@H]6O)CC[C@]45C)[C@]2(C)CC(=O)[C@@H]31. The number of cyclic esters (lactones) is 1. The molecule has 0 aromatic rings. The summed E-state index contributed by atoms with van der Waals surface area (Å²) in [6.45, 7) is 17.6. The molecule has 5 N–H and O–H groups in total. The molecule has 7 rings (SSSR count). The van der Waals surface area contributed by atoms with Gasteiger partial charge in [-0.05, 0) is 100 Å². The van der Waals surface area contributed by atoms with E-state index in [1.165, 1.54) is 12.5 Å². The zero-order valence-electron chi connectivity index (χ0n) is 34.1. The molecule has 0 aromatic heterocycles. The maximum absolute atomic E-state index is 14.2. The zero-order valence-corrected chi connectivity index (χ0v) is 34.9. The fourth-order valence-electron chi connectivity index (χ4n) is 12.8. The summed E-state index contributed by atoms with van der Waals surface area (Å²) >= 11 is 0. The summed E-state index contributed by atoms with van der Waals surface area (Å²) in [5, 5.41) is 42.8. The number of fused-ring (bicyclic) bond motifs is 4. The summed E-state index contributed by atoms with van der Waals surface area (Å²) in [4.78, 5) is 28.4. The minimum Gasteiger partial charge on any atom is -0.458 e. The average molecular weight is 827 g/mol. The maximum Gasteiger partial charge on any atom is 0.397 e. The lowest BCUT2D eigenvalue weighted by Crippen LogP contribution is -2.63. The lowest BCUT2D eigenvalue weighted by atomic mass is 9.41. The normalized spacial score (nSPS) is 49.3. The number of carbonyl (C=O) groups is 2. The van der Waals surface area contributed by atoms with Crippen molar-refractivity contribution in [2.45, 2.75) is 173 Å². The molecule has 3 heterocycles. The molecule has 15 nitrogen and oxygen atoms in total. The van der Waals surface area contributed by atoms with Crippen LogP contribution in [0.3, 0.4) is 0 Å². The largest absolute Gasteiger partial charge is 0.458 e. The molecule has 4 aliphatic carbocycles. The number of Topliss-reactive ketones (excluding diaryl/α,β-unsaturated/α-hetero) is 1. The molecule has 3 saturated heterocycles. The van der Waals surface area contributed by atoms with Gasteiger partial charge >= 0.3 is 16.4 Å². The van der Waals surface area contributed by atoms with Crippen LogP contribution in [0.2, 0.25) is 0 Å². The molecule has 0 aromatic carbocycles. The van der Waals surface area contributed by atoms with E-state index in [1.807, 2.05) is 13.8 Å². The van der Waals surface area contributed by atoms with Gasteiger partial charge < -0.3 is 44.1 Å². The van der Waals surface area contributed by atoms with Crippen molar-refractivity contribution in [2.75, 3.05) is 6.61 Å². The number of allylic oxidation sites excluding steroid dienone is 3. The number of ketones is 1. The van der Waals surface area contributed by atoms with Crippen molar-refractivity contribution in [3.8, 4) is 0 Å². The van der Waals surface area contributed by atoms with Crippen LogP contribution in [0.4, 0.5) is 0 Å². The Morgan fingerprint density at radius 3 is 2.33 bits per heavy atom. The van der Waals surface area contributed by atoms with Gasteiger partial charge in [0.25, 0.3) is 0 Å². The fourth-order valence-corrected chi connectivity index (χ4v) is 13.3. The monoisotopic (exact) mass is 826 g/mol. The summed E-state index contributed by atoms with van der Waals surface area (Å²) in [6.07, 6.45) is -6.00. The summed E-state index contributed by atoms with van der Waals surface area (Å²) in [6, 6.07) is 0. The lowest BCUT2D eigenvalue weighted by Gasteiger charge is -2.63. The number of rotatable bonds is 10. The standard InChI is InChI=1S/C41H62O15S/c1-20(2)10-9-15-40(8)33-24(42)18-39(7)23-11-12-26-37(4,5)27(14-16-38(26,6)22(23)13-17-41(33,39)36(47)55-40)53-35-32(29(44)25(19-51-35)56-57(48,49)50)54-34-31(46)30(45)28(43)21(3)52-34/h13,21,23,25-35,43-46H,1,9-12,14-19H2,2-8H3,(H,48,49,50)/t21-,23-,25-,26+,27+,28-,29+,30+,31-,32-,33-,34-,35+,38-,39+,40+,41-/m1/s1. The first-order chi connectivity index (χ1) is 26.4. The zero-order chi connectivity index (χ0) is 41.8. The molecule has 0 unspecified atom stereocenters. The molecule has 1 spiro atoms. The van der Waals surface area contributed by atoms with E-state index in [0.717, 1.165) is 31.3 Å². The summed E-state index contributed by atoms with van der Waals surface area (Å²) in [7, 11) is -5.02. The molecule has 3 saturated carbocycles. The number of aliphatic hydroxyl groups excluding tert-OH is 4. The fraction of sp³-hybridized carbons (Fsp3) is 0.854. The summed E-state index contributed by atoms with van der Waals surface area (Å²) in [5.41, 5.74) is -0.840. The third-order valence-corrected chi connectivity index (χ3v) is 16.1. The van der Waals surface area contributed by atoms with Crippen LogP contribution in [0, 0.1) is 39.4 Å². The van der Waals surface area contributed by atoms with Gasteiger partial charge in [0, 0.05) is 6.42 Å². The van der Waals surface area contributed by atoms with Crippen LogP contribution in [-0.4, -0.2) is 119 Å². The van der Waals surface area contributed by atoms with Crippen LogP contribution in [0.25, 0.3) is 0 Å². The van der Waals surface area contributed by atoms with Gasteiger partial charge in [0.15, 0.2) is 12.6 Å². The Morgan fingerprint density at radius 2 is 1.67 bits per heavy atom. The van der Waals surface area contributed by atoms with Crippen LogP contribution < -0.4 is 0 Å². The second-order valence-corrected chi connectivity index (χ2v) is 20.5. The number of esters is 1. The molecular formula is C41H62O15S. The quantitative estimate of drug-likeness (QED) is 0.0922. The van der Waals surface area contributed by atoms with Gasteiger partial charge in [-0.15, -0.1) is 6.58 Å². The van der Waals surface area contributed by atoms with Gasteiger partial charge in [-0.3, -0.25) is 14.1 Å². The first kappa shape index (κ1) is 43.3. The Kier molecular flexibility index (Phi) is 11.1. The molecule has 0 amide bonds. The van der Waals surface area contributed by atoms with Crippen molar-refractivity contribution in [1.82, 2.24) is 0 Å². The smallest absolute Gasteiger partial charge is 0.397 e. The van der Waals surface area contributed by atoms with E-state index >= 15 is 0 Å². The van der Waals surface area contributed by atoms with Gasteiger partial charge in [0.1, 0.15) is 48.0 Å². The minimum atomic E-state index is -5.02. The molecule has 0 radical (unpaired) electrons. The number of ether oxygens (including phenoxy) is 5. The van der Waals surface area contributed by atoms with Gasteiger partial charge in [0.2, 0.25) is 0 Å². The Labute approximate surface area is 335 Å². The summed E-state index contributed by atoms with van der Waals surface area (Å²) < 4.78 is 67.9. The Morgan fingerprint density at radius 1 is 0.965 bits per heavy atom. The summed E-state index contributed by atoms with van der Waals surface area (Å²) in [5.74, 6) is -0.545. The number of hydrogen-bond donors (Lipinski definition) is 5. The highest BCUT2D eigenvalue weighted by atomic mass is 32.3. The third kappa shape index (κ3) is 6.81. The van der Waals surface area contributed by atoms with Crippen molar-refractivity contribution >= 4 is 22.2 Å². The van der Waals surface area contributed by atoms with E-state index in [4.69, 9.17) is 23.7 Å². The van der Waals surface area contributed by atoms with Crippen molar-refractivity contribution in [2.24, 2.45) is 39.4 Å². The predicted octanol–water partition coefficient (Wildman–Crippen LogP) is 3.32. The van der Waals surface area contributed by atoms with E-state index in [1.54, 1.807) is 0 Å². The molecule has 17 atom stereocenters. The van der Waals surface area contributed by atoms with Crippen molar-refractivity contribution in [3.05, 3.63) is 23.8 Å². The van der Waals surface area contributed by atoms with E-state index in [0.29, 0.717) is 32.1 Å². The van der Waals surface area contributed by atoms with Crippen LogP contribution in [0.15, 0.2) is 23.8 Å². The lowest BCUT2D eigenvalue weighted by molar-refractivity contribution is -0.362. The highest BCUT2D eigenvalue weighted by Crippen LogP contribution is 2.75. The second-order valence-electron chi connectivity index (χ2n) is 19.5. The molecule has 3 aliphatic heterocycles. The van der Waals surface area contributed by atoms with E-state index in [2.05, 4.69) is 44.5 Å². The topological polar surface area (TPSA) is 225 Å². The third-order valence-electron chi connectivity index (χ3n) is 15.6. The van der Waals surface area contributed by atoms with E-state index in [9.17, 15) is 43.0 Å². The molecule has 16 heteroatoms. The first-order valence-electron chi connectivity index (χ1n) is 20.5. The van der Waals surface area contributed by atoms with Gasteiger partial charge in [-0.25, -0.2) is 4.18 Å². The highest BCUT2D eigenvalue weighted by Gasteiger charge is 2.79. The average Bonchev–Trinajstić information content (AvgIpc) is 3.50. The molecule has 57 heavy (non-hydrogen) atoms. The maximum atomic E-state index is 14.2. The molecule has 6 fully saturated rings. The van der Waals surface area contributed by atoms with Crippen molar-refractivity contribution < 1.29 is 70.9 Å². The van der Waals surface area contributed by atoms with Crippen LogP contribution in [0.1, 0.15) is 106 Å². The van der Waals surface area contributed by atoms with Crippen molar-refractivity contribution in [1.29, 1.82) is 0 Å². The highest BCUT2D eigenvalue weighted by molar-refractivity contribution is 7.80. The van der Waals surface area contributed by atoms with Gasteiger partial charge in [-0.2, -0.15) is 8.42 Å². The van der Waals surface area contributed by atoms with Gasteiger partial charge in [-0.1, -0.05) is 44.9 Å². The molecule has 7 aliphatic rings. The number of aliphatic hydroxyl groups is 4. The Balaban J connectivity index is 1.13. The number of carbonyl (C=O) groups excluding carboxylic acids is 2. The molecule has 322 valence electrons. The van der Waals surface area contributed by atoms with Crippen molar-refractivity contribution in [3.63, 3.8) is 0 Å². The van der Waals surface area contributed by atoms with E-state index < -0.39 is 106 Å². The first-order valence-corrected chi connectivity index (χ1v) is 21.8. The Hall–Kier alpha value is -1.83. The Bertz CT molecular complexity index is 1760. The molecular weight excluding hydrogens is 765 g/mol. The predicted molar refractivity (Wildman–Crippen MR) is 201 cm³/mol. The van der Waals surface area contributed by atoms with E-state index in [-0.39, 0.29) is 29.0 Å². The van der Waals surface area contributed by atoms with Crippen LogP contribution in [-0.2, 0) is 47.9 Å². The number of hydrogen-bond acceptors (Lipinski definition) is 14. The van der Waals surface area contributed by atoms with Gasteiger partial charge in [0.05, 0.1) is 30.1 Å². The van der Waals surface area contributed by atoms with Crippen LogP contribution >= 0.6 is 0 Å². The minimum absolute atomic E-state index is 0.00700. The second kappa shape index (κ2) is 14.7. The van der Waals surface area contributed by atoms with Crippen LogP contribution in [0.5, 0.6) is 0 Å². The molecule has 0 bridgehead atoms.